The molecule has 0 aliphatic rings. The maximum Gasteiger partial charge on any atom is 0.0998 e. The van der Waals surface area contributed by atoms with Crippen LogP contribution < -0.4 is 0 Å². The first-order valence-corrected chi connectivity index (χ1v) is 13.5. The number of hydrogen-bond acceptors (Lipinski definition) is 1. The van der Waals surface area contributed by atoms with Crippen LogP contribution in [0.25, 0.3) is 60.9 Å². The summed E-state index contributed by atoms with van der Waals surface area (Å²) in [6.45, 7) is 2.14. The van der Waals surface area contributed by atoms with Crippen LogP contribution in [0.15, 0.2) is 140 Å². The maximum absolute atomic E-state index is 10.2. The number of hydrogen-bond donors (Lipinski definition) is 0. The summed E-state index contributed by atoms with van der Waals surface area (Å²) in [5.74, 6) is 0. The average Bonchev–Trinajstić information content (AvgIpc) is 3.35. The molecule has 0 aliphatic carbocycles. The Morgan fingerprint density at radius 3 is 1.75 bits per heavy atom. The lowest BCUT2D eigenvalue weighted by Gasteiger charge is -2.15. The molecule has 1 aromatic heterocycles. The lowest BCUT2D eigenvalue weighted by atomic mass is 9.88. The number of aryl methyl sites for hydroxylation is 1. The fraction of sp³-hybridized carbons (Fsp3) is 0.0263. The SMILES string of the molecule is Cc1ccc2c(c1)c1ccccc1n2-c1ccc(-c2cc(-c3ccccc3)c(-c3ccccc3)cc2C#N)cc1. The first kappa shape index (κ1) is 23.7. The molecular formula is C38H26N2. The molecule has 0 bridgehead atoms. The van der Waals surface area contributed by atoms with Gasteiger partial charge >= 0.3 is 0 Å². The molecule has 0 unspecified atom stereocenters. The van der Waals surface area contributed by atoms with Crippen LogP contribution in [-0.4, -0.2) is 4.57 Å². The second-order valence-corrected chi connectivity index (χ2v) is 10.2. The smallest absolute Gasteiger partial charge is 0.0998 e. The van der Waals surface area contributed by atoms with Crippen LogP contribution in [0.5, 0.6) is 0 Å². The molecule has 7 rings (SSSR count). The molecule has 0 saturated carbocycles. The molecular weight excluding hydrogens is 484 g/mol. The third-order valence-electron chi connectivity index (χ3n) is 7.71. The molecule has 188 valence electrons. The zero-order valence-electron chi connectivity index (χ0n) is 22.2. The second-order valence-electron chi connectivity index (χ2n) is 10.2. The Labute approximate surface area is 234 Å². The molecule has 0 amide bonds. The predicted molar refractivity (Wildman–Crippen MR) is 167 cm³/mol. The van der Waals surface area contributed by atoms with E-state index in [0.29, 0.717) is 5.56 Å². The highest BCUT2D eigenvalue weighted by molar-refractivity contribution is 6.09. The van der Waals surface area contributed by atoms with Crippen molar-refractivity contribution in [3.05, 3.63) is 151 Å². The predicted octanol–water partition coefficient (Wildman–Crippen LogP) is 9.96. The van der Waals surface area contributed by atoms with Crippen molar-refractivity contribution in [3.8, 4) is 45.1 Å². The summed E-state index contributed by atoms with van der Waals surface area (Å²) in [4.78, 5) is 0. The molecule has 2 heteroatoms. The Morgan fingerprint density at radius 1 is 0.500 bits per heavy atom. The molecule has 40 heavy (non-hydrogen) atoms. The Hall–Kier alpha value is -5.39. The zero-order valence-corrected chi connectivity index (χ0v) is 22.2. The van der Waals surface area contributed by atoms with Gasteiger partial charge in [-0.25, -0.2) is 0 Å². The standard InChI is InChI=1S/C38H26N2/c1-26-16-21-38-36(22-26)32-14-8-9-15-37(32)40(38)31-19-17-29(18-20-31)33-24-35(28-12-6-3-7-13-28)34(23-30(33)25-39)27-10-4-2-5-11-27/h2-24H,1H3. The van der Waals surface area contributed by atoms with E-state index >= 15 is 0 Å². The van der Waals surface area contributed by atoms with Gasteiger partial charge in [-0.1, -0.05) is 103 Å². The Bertz CT molecular complexity index is 2040. The summed E-state index contributed by atoms with van der Waals surface area (Å²) >= 11 is 0. The zero-order chi connectivity index (χ0) is 27.1. The first-order valence-electron chi connectivity index (χ1n) is 13.5. The van der Waals surface area contributed by atoms with Crippen molar-refractivity contribution in [3.63, 3.8) is 0 Å². The minimum atomic E-state index is 0.665. The van der Waals surface area contributed by atoms with Gasteiger partial charge in [0.2, 0.25) is 0 Å². The largest absolute Gasteiger partial charge is 0.309 e. The highest BCUT2D eigenvalue weighted by atomic mass is 15.0. The number of nitrogens with zero attached hydrogens (tertiary/aromatic N) is 2. The van der Waals surface area contributed by atoms with E-state index in [2.05, 4.69) is 127 Å². The normalized spacial score (nSPS) is 11.1. The summed E-state index contributed by atoms with van der Waals surface area (Å²) < 4.78 is 2.33. The van der Waals surface area contributed by atoms with E-state index in [1.165, 1.54) is 27.4 Å². The maximum atomic E-state index is 10.2. The average molecular weight is 511 g/mol. The number of nitriles is 1. The third kappa shape index (κ3) is 3.97. The monoisotopic (exact) mass is 510 g/mol. The van der Waals surface area contributed by atoms with Crippen molar-refractivity contribution in [1.82, 2.24) is 4.57 Å². The Kier molecular flexibility index (Phi) is 5.77. The molecule has 0 radical (unpaired) electrons. The van der Waals surface area contributed by atoms with Crippen molar-refractivity contribution in [2.75, 3.05) is 0 Å². The molecule has 0 aliphatic heterocycles. The van der Waals surface area contributed by atoms with E-state index < -0.39 is 0 Å². The van der Waals surface area contributed by atoms with E-state index in [4.69, 9.17) is 0 Å². The van der Waals surface area contributed by atoms with E-state index in [9.17, 15) is 5.26 Å². The lowest BCUT2D eigenvalue weighted by molar-refractivity contribution is 1.18. The van der Waals surface area contributed by atoms with Crippen molar-refractivity contribution < 1.29 is 0 Å². The molecule has 6 aromatic carbocycles. The van der Waals surface area contributed by atoms with Crippen molar-refractivity contribution >= 4 is 21.8 Å². The van der Waals surface area contributed by atoms with Gasteiger partial charge in [0.25, 0.3) is 0 Å². The van der Waals surface area contributed by atoms with Crippen LogP contribution in [0.2, 0.25) is 0 Å². The van der Waals surface area contributed by atoms with Crippen LogP contribution >= 0.6 is 0 Å². The van der Waals surface area contributed by atoms with E-state index in [1.807, 2.05) is 30.3 Å². The van der Waals surface area contributed by atoms with Crippen LogP contribution in [0, 0.1) is 18.3 Å². The van der Waals surface area contributed by atoms with E-state index in [-0.39, 0.29) is 0 Å². The van der Waals surface area contributed by atoms with Gasteiger partial charge in [-0.05, 0) is 77.2 Å². The van der Waals surface area contributed by atoms with Gasteiger partial charge in [0, 0.05) is 22.0 Å². The van der Waals surface area contributed by atoms with Crippen LogP contribution in [0.4, 0.5) is 0 Å². The number of para-hydroxylation sites is 1. The molecule has 7 aromatic rings. The van der Waals surface area contributed by atoms with Gasteiger partial charge in [-0.3, -0.25) is 0 Å². The summed E-state index contributed by atoms with van der Waals surface area (Å²) in [6, 6.07) is 51.2. The minimum Gasteiger partial charge on any atom is -0.309 e. The van der Waals surface area contributed by atoms with Crippen molar-refractivity contribution in [2.24, 2.45) is 0 Å². The van der Waals surface area contributed by atoms with Crippen molar-refractivity contribution in [1.29, 1.82) is 5.26 Å². The fourth-order valence-corrected chi connectivity index (χ4v) is 5.80. The summed E-state index contributed by atoms with van der Waals surface area (Å²) in [6.07, 6.45) is 0. The van der Waals surface area contributed by atoms with E-state index in [0.717, 1.165) is 39.1 Å². The summed E-state index contributed by atoms with van der Waals surface area (Å²) in [5.41, 5.74) is 11.8. The van der Waals surface area contributed by atoms with Crippen LogP contribution in [0.3, 0.4) is 0 Å². The molecule has 0 atom stereocenters. The third-order valence-corrected chi connectivity index (χ3v) is 7.71. The van der Waals surface area contributed by atoms with Gasteiger partial charge in [0.1, 0.15) is 0 Å². The lowest BCUT2D eigenvalue weighted by Crippen LogP contribution is -1.95. The first-order chi connectivity index (χ1) is 19.7. The van der Waals surface area contributed by atoms with E-state index in [1.54, 1.807) is 0 Å². The van der Waals surface area contributed by atoms with Gasteiger partial charge < -0.3 is 4.57 Å². The highest BCUT2D eigenvalue weighted by Crippen LogP contribution is 2.39. The number of aromatic nitrogens is 1. The van der Waals surface area contributed by atoms with Gasteiger partial charge in [0.15, 0.2) is 0 Å². The van der Waals surface area contributed by atoms with Crippen LogP contribution in [-0.2, 0) is 0 Å². The number of benzene rings is 6. The highest BCUT2D eigenvalue weighted by Gasteiger charge is 2.16. The molecule has 2 nitrogen and oxygen atoms in total. The number of rotatable bonds is 4. The minimum absolute atomic E-state index is 0.665. The molecule has 0 saturated heterocycles. The Morgan fingerprint density at radius 2 is 1.07 bits per heavy atom. The van der Waals surface area contributed by atoms with Crippen molar-refractivity contribution in [2.45, 2.75) is 6.92 Å². The second kappa shape index (κ2) is 9.73. The quantitative estimate of drug-likeness (QED) is 0.232. The summed E-state index contributed by atoms with van der Waals surface area (Å²) in [7, 11) is 0. The molecule has 0 fully saturated rings. The van der Waals surface area contributed by atoms with Gasteiger partial charge in [-0.2, -0.15) is 5.26 Å². The Balaban J connectivity index is 1.39. The van der Waals surface area contributed by atoms with Gasteiger partial charge in [0.05, 0.1) is 22.7 Å². The topological polar surface area (TPSA) is 28.7 Å². The molecule has 1 heterocycles. The summed E-state index contributed by atoms with van der Waals surface area (Å²) in [5, 5.41) is 12.7. The fourth-order valence-electron chi connectivity index (χ4n) is 5.80. The number of fused-ring (bicyclic) bond motifs is 3. The molecule has 0 N–H and O–H groups in total. The van der Waals surface area contributed by atoms with Gasteiger partial charge in [-0.15, -0.1) is 0 Å². The van der Waals surface area contributed by atoms with Crippen LogP contribution in [0.1, 0.15) is 11.1 Å². The molecule has 0 spiro atoms.